The van der Waals surface area contributed by atoms with Crippen LogP contribution in [0.25, 0.3) is 0 Å². The van der Waals surface area contributed by atoms with Gasteiger partial charge in [0.1, 0.15) is 12.4 Å². The highest BCUT2D eigenvalue weighted by Crippen LogP contribution is 2.35. The van der Waals surface area contributed by atoms with Gasteiger partial charge >= 0.3 is 12.1 Å². The second-order valence-corrected chi connectivity index (χ2v) is 5.72. The summed E-state index contributed by atoms with van der Waals surface area (Å²) in [6.45, 7) is 4.02. The van der Waals surface area contributed by atoms with Gasteiger partial charge in [-0.1, -0.05) is 19.9 Å². The molecule has 24 heavy (non-hydrogen) atoms. The van der Waals surface area contributed by atoms with E-state index in [-0.39, 0.29) is 30.7 Å². The third kappa shape index (κ3) is 7.40. The number of benzene rings is 1. The predicted octanol–water partition coefficient (Wildman–Crippen LogP) is 0.316. The summed E-state index contributed by atoms with van der Waals surface area (Å²) in [6, 6.07) is 3.31. The zero-order valence-electron chi connectivity index (χ0n) is 14.1. The van der Waals surface area contributed by atoms with Crippen molar-refractivity contribution in [1.82, 2.24) is 4.90 Å². The van der Waals surface area contributed by atoms with Gasteiger partial charge in [-0.2, -0.15) is 13.2 Å². The lowest BCUT2D eigenvalue weighted by Gasteiger charge is -2.16. The van der Waals surface area contributed by atoms with E-state index in [0.29, 0.717) is 12.1 Å². The van der Waals surface area contributed by atoms with Crippen LogP contribution in [0.1, 0.15) is 30.9 Å². The zero-order chi connectivity index (χ0) is 17.6. The molecule has 0 aliphatic heterocycles. The van der Waals surface area contributed by atoms with Gasteiger partial charge in [0.15, 0.2) is 6.61 Å². The van der Waals surface area contributed by atoms with Gasteiger partial charge in [-0.3, -0.25) is 0 Å². The third-order valence-electron chi connectivity index (χ3n) is 3.11. The first-order chi connectivity index (χ1) is 10.6. The summed E-state index contributed by atoms with van der Waals surface area (Å²) in [5, 5.41) is 0. The summed E-state index contributed by atoms with van der Waals surface area (Å²) in [4.78, 5) is 13.4. The highest BCUT2D eigenvalue weighted by molar-refractivity contribution is 5.71. The topological polar surface area (TPSA) is 38.8 Å². The number of ether oxygens (including phenoxy) is 2. The molecule has 4 nitrogen and oxygen atoms in total. The molecule has 0 atom stereocenters. The molecule has 0 unspecified atom stereocenters. The molecule has 1 rings (SSSR count). The van der Waals surface area contributed by atoms with Gasteiger partial charge in [0.05, 0.1) is 5.56 Å². The smallest absolute Gasteiger partial charge is 0.416 e. The number of carbonyl (C=O) groups is 1. The molecule has 0 amide bonds. The van der Waals surface area contributed by atoms with Crippen molar-refractivity contribution in [2.45, 2.75) is 25.9 Å². The van der Waals surface area contributed by atoms with Crippen LogP contribution in [0.15, 0.2) is 18.2 Å². The molecule has 0 saturated carbocycles. The average Bonchev–Trinajstić information content (AvgIpc) is 2.43. The fraction of sp³-hybridized carbons (Fsp3) is 0.562. The lowest BCUT2D eigenvalue weighted by molar-refractivity contribution is -0.146. The van der Waals surface area contributed by atoms with Gasteiger partial charge in [0.2, 0.25) is 0 Å². The summed E-state index contributed by atoms with van der Waals surface area (Å²) >= 11 is 0. The summed E-state index contributed by atoms with van der Waals surface area (Å²) in [5.41, 5.74) is -0.197. The van der Waals surface area contributed by atoms with Gasteiger partial charge in [0.25, 0.3) is 0 Å². The Bertz CT molecular complexity index is 534. The second kappa shape index (κ2) is 9.74. The number of rotatable bonds is 7. The first-order valence-corrected chi connectivity index (χ1v) is 7.25. The van der Waals surface area contributed by atoms with Gasteiger partial charge in [-0.25, -0.2) is 4.79 Å². The summed E-state index contributed by atoms with van der Waals surface area (Å²) < 4.78 is 48.6. The molecular weight excluding hydrogens is 347 g/mol. The van der Waals surface area contributed by atoms with Crippen LogP contribution >= 0.6 is 0 Å². The Hall–Kier alpha value is -1.47. The Morgan fingerprint density at radius 3 is 2.38 bits per heavy atom. The van der Waals surface area contributed by atoms with Crippen LogP contribution < -0.4 is 17.1 Å². The number of alkyl halides is 3. The molecule has 0 N–H and O–H groups in total. The van der Waals surface area contributed by atoms with Gasteiger partial charge in [-0.05, 0) is 37.7 Å². The molecule has 0 aliphatic rings. The molecular formula is C16H22ClF3NO3-. The Morgan fingerprint density at radius 1 is 1.25 bits per heavy atom. The molecule has 1 aromatic carbocycles. The summed E-state index contributed by atoms with van der Waals surface area (Å²) in [6.07, 6.45) is -4.46. The molecule has 0 saturated heterocycles. The fourth-order valence-electron chi connectivity index (χ4n) is 1.83. The Labute approximate surface area is 146 Å². The predicted molar refractivity (Wildman–Crippen MR) is 80.5 cm³/mol. The van der Waals surface area contributed by atoms with Crippen molar-refractivity contribution in [2.75, 3.05) is 33.9 Å². The molecule has 0 fully saturated rings. The van der Waals surface area contributed by atoms with E-state index in [1.165, 1.54) is 6.07 Å². The Kier molecular flexibility index (Phi) is 9.14. The van der Waals surface area contributed by atoms with Crippen LogP contribution in [-0.2, 0) is 15.7 Å². The van der Waals surface area contributed by atoms with E-state index in [4.69, 9.17) is 9.47 Å². The average molecular weight is 369 g/mol. The van der Waals surface area contributed by atoms with Crippen molar-refractivity contribution in [3.63, 3.8) is 0 Å². The first kappa shape index (κ1) is 22.5. The van der Waals surface area contributed by atoms with Crippen LogP contribution in [0.4, 0.5) is 13.2 Å². The monoisotopic (exact) mass is 368 g/mol. The second-order valence-electron chi connectivity index (χ2n) is 5.72. The van der Waals surface area contributed by atoms with Crippen LogP contribution in [0.2, 0.25) is 0 Å². The van der Waals surface area contributed by atoms with Gasteiger partial charge in [-0.15, -0.1) is 0 Å². The molecule has 1 aromatic rings. The largest absolute Gasteiger partial charge is 1.00 e. The Morgan fingerprint density at radius 2 is 1.88 bits per heavy atom. The minimum Gasteiger partial charge on any atom is -1.00 e. The fourth-order valence-corrected chi connectivity index (χ4v) is 1.83. The van der Waals surface area contributed by atoms with Crippen LogP contribution in [0.3, 0.4) is 0 Å². The maximum Gasteiger partial charge on any atom is 0.416 e. The maximum atomic E-state index is 12.8. The van der Waals surface area contributed by atoms with E-state index in [1.54, 1.807) is 0 Å². The van der Waals surface area contributed by atoms with Crippen molar-refractivity contribution in [3.05, 3.63) is 29.3 Å². The van der Waals surface area contributed by atoms with Crippen LogP contribution in [-0.4, -0.2) is 44.7 Å². The highest BCUT2D eigenvalue weighted by Gasteiger charge is 2.31. The minimum atomic E-state index is -4.46. The minimum absolute atomic E-state index is 0. The molecule has 0 radical (unpaired) electrons. The number of likely N-dealkylation sites (N-methyl/N-ethyl adjacent to an activating group) is 1. The SMILES string of the molecule is CC(C)c1ccc(C(F)(F)F)cc1OCC(=O)OCCN(C)C.[Cl-]. The first-order valence-electron chi connectivity index (χ1n) is 7.25. The van der Waals surface area contributed by atoms with Crippen LogP contribution in [0, 0.1) is 0 Å². The van der Waals surface area contributed by atoms with Gasteiger partial charge < -0.3 is 26.8 Å². The van der Waals surface area contributed by atoms with Crippen molar-refractivity contribution >= 4 is 5.97 Å². The van der Waals surface area contributed by atoms with Gasteiger partial charge in [0, 0.05) is 6.54 Å². The van der Waals surface area contributed by atoms with Crippen molar-refractivity contribution in [2.24, 2.45) is 0 Å². The third-order valence-corrected chi connectivity index (χ3v) is 3.11. The van der Waals surface area contributed by atoms with E-state index in [0.717, 1.165) is 12.1 Å². The van der Waals surface area contributed by atoms with Crippen molar-refractivity contribution in [1.29, 1.82) is 0 Å². The lowest BCUT2D eigenvalue weighted by atomic mass is 10.00. The molecule has 8 heteroatoms. The lowest BCUT2D eigenvalue weighted by Crippen LogP contribution is -3.00. The maximum absolute atomic E-state index is 12.8. The normalized spacial score (nSPS) is 11.4. The summed E-state index contributed by atoms with van der Waals surface area (Å²) in [5.74, 6) is -0.588. The van der Waals surface area contributed by atoms with Crippen molar-refractivity contribution < 1.29 is 39.8 Å². The molecule has 0 aliphatic carbocycles. The van der Waals surface area contributed by atoms with Crippen LogP contribution in [0.5, 0.6) is 5.75 Å². The standard InChI is InChI=1S/C16H22F3NO3.ClH/c1-11(2)13-6-5-12(16(17,18)19)9-14(13)23-10-15(21)22-8-7-20(3)4;/h5-6,9,11H,7-8,10H2,1-4H3;1H/p-1. The number of nitrogens with zero attached hydrogens (tertiary/aromatic N) is 1. The van der Waals surface area contributed by atoms with E-state index in [9.17, 15) is 18.0 Å². The molecule has 0 bridgehead atoms. The number of esters is 1. The highest BCUT2D eigenvalue weighted by atomic mass is 35.5. The number of hydrogen-bond donors (Lipinski definition) is 0. The quantitative estimate of drug-likeness (QED) is 0.650. The molecule has 0 spiro atoms. The number of hydrogen-bond acceptors (Lipinski definition) is 4. The van der Waals surface area contributed by atoms with E-state index >= 15 is 0 Å². The molecule has 138 valence electrons. The zero-order valence-corrected chi connectivity index (χ0v) is 14.9. The van der Waals surface area contributed by atoms with E-state index in [2.05, 4.69) is 0 Å². The summed E-state index contributed by atoms with van der Waals surface area (Å²) in [7, 11) is 3.67. The molecule has 0 aromatic heterocycles. The van der Waals surface area contributed by atoms with Crippen molar-refractivity contribution in [3.8, 4) is 5.75 Å². The molecule has 0 heterocycles. The van der Waals surface area contributed by atoms with E-state index in [1.807, 2.05) is 32.8 Å². The number of halogens is 4. The number of carbonyl (C=O) groups excluding carboxylic acids is 1. The van der Waals surface area contributed by atoms with E-state index < -0.39 is 24.3 Å². The Balaban J connectivity index is 0.00000529.